The smallest absolute Gasteiger partial charge is 0.312 e. The second kappa shape index (κ2) is 10.1. The fourth-order valence-corrected chi connectivity index (χ4v) is 4.94. The number of aryl methyl sites for hydroxylation is 1. The molecular weight excluding hydrogens is 470 g/mol. The zero-order valence-electron chi connectivity index (χ0n) is 18.5. The molecular formula is C20H23N5O8S. The molecule has 182 valence electrons. The third kappa shape index (κ3) is 5.47. The molecule has 0 radical (unpaired) electrons. The zero-order chi connectivity index (χ0) is 25.0. The van der Waals surface area contributed by atoms with Gasteiger partial charge in [0.25, 0.3) is 5.69 Å². The summed E-state index contributed by atoms with van der Waals surface area (Å²) in [7, 11) is -2.72. The number of anilines is 1. The Labute approximate surface area is 195 Å². The van der Waals surface area contributed by atoms with Crippen molar-refractivity contribution in [3.8, 4) is 5.75 Å². The molecule has 0 unspecified atom stereocenters. The molecule has 14 heteroatoms. The van der Waals surface area contributed by atoms with Gasteiger partial charge < -0.3 is 10.1 Å². The van der Waals surface area contributed by atoms with Gasteiger partial charge >= 0.3 is 5.69 Å². The number of non-ortho nitro benzene ring substituents is 1. The van der Waals surface area contributed by atoms with Gasteiger partial charge in [-0.2, -0.15) is 4.31 Å². The summed E-state index contributed by atoms with van der Waals surface area (Å²) in [6.07, 6.45) is 0. The lowest BCUT2D eigenvalue weighted by molar-refractivity contribution is -0.386. The molecule has 0 spiro atoms. The molecule has 0 aliphatic carbocycles. The molecule has 0 saturated carbocycles. The molecule has 0 bridgehead atoms. The van der Waals surface area contributed by atoms with Crippen LogP contribution in [0.25, 0.3) is 0 Å². The number of carbonyl (C=O) groups is 1. The van der Waals surface area contributed by atoms with Crippen LogP contribution >= 0.6 is 0 Å². The van der Waals surface area contributed by atoms with Crippen molar-refractivity contribution in [2.24, 2.45) is 0 Å². The Hall–Kier alpha value is -3.62. The van der Waals surface area contributed by atoms with Crippen LogP contribution in [0.4, 0.5) is 17.1 Å². The van der Waals surface area contributed by atoms with E-state index in [4.69, 9.17) is 4.74 Å². The number of hydrogen-bond donors (Lipinski definition) is 1. The number of methoxy groups -OCH3 is 1. The van der Waals surface area contributed by atoms with Gasteiger partial charge in [-0.15, -0.1) is 0 Å². The standard InChI is InChI=1S/C20H23N5O8S/c1-14-3-4-15(24(27)28)11-17(14)21-20(26)13-22-7-9-23(10-8-22)34(31,32)16-5-6-19(33-2)18(12-16)25(29)30/h3-6,11-12H,7-10,13H2,1-2H3,(H,21,26). The highest BCUT2D eigenvalue weighted by Gasteiger charge is 2.31. The predicted molar refractivity (Wildman–Crippen MR) is 121 cm³/mol. The number of sulfonamides is 1. The average Bonchev–Trinajstić information content (AvgIpc) is 2.80. The summed E-state index contributed by atoms with van der Waals surface area (Å²) in [4.78, 5) is 34.9. The Morgan fingerprint density at radius 3 is 2.32 bits per heavy atom. The van der Waals surface area contributed by atoms with Gasteiger partial charge in [-0.1, -0.05) is 6.07 Å². The molecule has 1 saturated heterocycles. The molecule has 1 heterocycles. The number of hydrogen-bond acceptors (Lipinski definition) is 9. The SMILES string of the molecule is COc1ccc(S(=O)(=O)N2CCN(CC(=O)Nc3cc([N+](=O)[O-])ccc3C)CC2)cc1[N+](=O)[O-]. The van der Waals surface area contributed by atoms with E-state index in [0.717, 1.165) is 6.07 Å². The Balaban J connectivity index is 1.62. The number of nitro groups is 2. The van der Waals surface area contributed by atoms with E-state index in [1.165, 1.54) is 35.7 Å². The van der Waals surface area contributed by atoms with Crippen LogP contribution in [-0.2, 0) is 14.8 Å². The molecule has 13 nitrogen and oxygen atoms in total. The monoisotopic (exact) mass is 493 g/mol. The maximum atomic E-state index is 13.0. The van der Waals surface area contributed by atoms with Crippen LogP contribution in [-0.4, -0.2) is 73.2 Å². The number of benzene rings is 2. The first kappa shape index (κ1) is 25.0. The summed E-state index contributed by atoms with van der Waals surface area (Å²) in [5.41, 5.74) is 0.416. The van der Waals surface area contributed by atoms with Crippen molar-refractivity contribution in [1.29, 1.82) is 0 Å². The summed E-state index contributed by atoms with van der Waals surface area (Å²) in [5.74, 6) is -0.426. The van der Waals surface area contributed by atoms with E-state index < -0.39 is 25.6 Å². The highest BCUT2D eigenvalue weighted by atomic mass is 32.2. The van der Waals surface area contributed by atoms with Crippen LogP contribution < -0.4 is 10.1 Å². The fourth-order valence-electron chi connectivity index (χ4n) is 3.50. The summed E-state index contributed by atoms with van der Waals surface area (Å²) in [6.45, 7) is 2.39. The van der Waals surface area contributed by atoms with Crippen molar-refractivity contribution >= 4 is 33.0 Å². The average molecular weight is 493 g/mol. The van der Waals surface area contributed by atoms with E-state index in [-0.39, 0.29) is 55.0 Å². The van der Waals surface area contributed by atoms with E-state index in [9.17, 15) is 33.4 Å². The largest absolute Gasteiger partial charge is 0.490 e. The number of ether oxygens (including phenoxy) is 1. The first-order chi connectivity index (χ1) is 16.0. The van der Waals surface area contributed by atoms with Gasteiger partial charge in [0.05, 0.1) is 34.1 Å². The number of piperazine rings is 1. The third-order valence-electron chi connectivity index (χ3n) is 5.39. The van der Waals surface area contributed by atoms with Gasteiger partial charge in [-0.25, -0.2) is 8.42 Å². The van der Waals surface area contributed by atoms with Gasteiger partial charge in [0.1, 0.15) is 0 Å². The summed E-state index contributed by atoms with van der Waals surface area (Å²) >= 11 is 0. The molecule has 1 fully saturated rings. The van der Waals surface area contributed by atoms with Gasteiger partial charge in [0.2, 0.25) is 15.9 Å². The number of rotatable bonds is 8. The highest BCUT2D eigenvalue weighted by molar-refractivity contribution is 7.89. The molecule has 0 atom stereocenters. The minimum Gasteiger partial charge on any atom is -0.490 e. The summed E-state index contributed by atoms with van der Waals surface area (Å²) in [5, 5.41) is 24.8. The van der Waals surface area contributed by atoms with E-state index in [2.05, 4.69) is 5.32 Å². The normalized spacial score (nSPS) is 15.0. The van der Waals surface area contributed by atoms with Gasteiger partial charge in [-0.3, -0.25) is 29.9 Å². The van der Waals surface area contributed by atoms with Gasteiger partial charge in [0.15, 0.2) is 5.75 Å². The number of nitrogens with one attached hydrogen (secondary N) is 1. The number of amides is 1. The van der Waals surface area contributed by atoms with E-state index in [1.54, 1.807) is 17.9 Å². The van der Waals surface area contributed by atoms with Crippen molar-refractivity contribution in [1.82, 2.24) is 9.21 Å². The summed E-state index contributed by atoms with van der Waals surface area (Å²) < 4.78 is 32.0. The number of nitrogens with zero attached hydrogens (tertiary/aromatic N) is 4. The predicted octanol–water partition coefficient (Wildman–Crippen LogP) is 1.77. The molecule has 0 aromatic heterocycles. The minimum atomic E-state index is -3.98. The molecule has 1 amide bonds. The van der Waals surface area contributed by atoms with Crippen LogP contribution in [0.3, 0.4) is 0 Å². The van der Waals surface area contributed by atoms with Crippen LogP contribution in [0, 0.1) is 27.2 Å². The molecule has 2 aromatic rings. The van der Waals surface area contributed by atoms with Crippen LogP contribution in [0.15, 0.2) is 41.3 Å². The molecule has 34 heavy (non-hydrogen) atoms. The zero-order valence-corrected chi connectivity index (χ0v) is 19.3. The van der Waals surface area contributed by atoms with E-state index >= 15 is 0 Å². The van der Waals surface area contributed by atoms with Crippen molar-refractivity contribution < 1.29 is 27.8 Å². The van der Waals surface area contributed by atoms with Crippen molar-refractivity contribution in [2.75, 3.05) is 45.2 Å². The topological polar surface area (TPSA) is 165 Å². The second-order valence-electron chi connectivity index (χ2n) is 7.58. The highest BCUT2D eigenvalue weighted by Crippen LogP contribution is 2.31. The Bertz CT molecular complexity index is 1230. The van der Waals surface area contributed by atoms with Crippen LogP contribution in [0.5, 0.6) is 5.75 Å². The van der Waals surface area contributed by atoms with Crippen molar-refractivity contribution in [2.45, 2.75) is 11.8 Å². The first-order valence-corrected chi connectivity index (χ1v) is 11.6. The lowest BCUT2D eigenvalue weighted by atomic mass is 10.2. The van der Waals surface area contributed by atoms with Crippen molar-refractivity contribution in [3.63, 3.8) is 0 Å². The molecule has 3 rings (SSSR count). The van der Waals surface area contributed by atoms with Crippen LogP contribution in [0.1, 0.15) is 5.56 Å². The van der Waals surface area contributed by atoms with Crippen LogP contribution in [0.2, 0.25) is 0 Å². The summed E-state index contributed by atoms with van der Waals surface area (Å²) in [6, 6.07) is 7.63. The van der Waals surface area contributed by atoms with E-state index in [1.807, 2.05) is 0 Å². The van der Waals surface area contributed by atoms with E-state index in [0.29, 0.717) is 11.3 Å². The maximum absolute atomic E-state index is 13.0. The maximum Gasteiger partial charge on any atom is 0.312 e. The number of nitro benzene ring substituents is 2. The fraction of sp³-hybridized carbons (Fsp3) is 0.350. The molecule has 1 N–H and O–H groups in total. The van der Waals surface area contributed by atoms with Crippen molar-refractivity contribution in [3.05, 3.63) is 62.2 Å². The first-order valence-electron chi connectivity index (χ1n) is 10.1. The lowest BCUT2D eigenvalue weighted by Gasteiger charge is -2.33. The van der Waals surface area contributed by atoms with Gasteiger partial charge in [0, 0.05) is 44.4 Å². The Kier molecular flexibility index (Phi) is 7.44. The molecule has 1 aliphatic heterocycles. The second-order valence-corrected chi connectivity index (χ2v) is 9.51. The Morgan fingerprint density at radius 1 is 1.06 bits per heavy atom. The number of carbonyl (C=O) groups excluding carboxylic acids is 1. The van der Waals surface area contributed by atoms with Gasteiger partial charge in [-0.05, 0) is 24.6 Å². The molecule has 2 aromatic carbocycles. The quantitative estimate of drug-likeness (QED) is 0.426. The minimum absolute atomic E-state index is 0.0238. The third-order valence-corrected chi connectivity index (χ3v) is 7.28. The lowest BCUT2D eigenvalue weighted by Crippen LogP contribution is -2.50. The molecule has 1 aliphatic rings. The Morgan fingerprint density at radius 2 is 1.74 bits per heavy atom.